The van der Waals surface area contributed by atoms with Crippen LogP contribution in [-0.4, -0.2) is 11.6 Å². The van der Waals surface area contributed by atoms with Crippen LogP contribution < -0.4 is 0 Å². The molecule has 0 aliphatic rings. The van der Waals surface area contributed by atoms with Crippen LogP contribution in [-0.2, 0) is 4.79 Å². The molecule has 0 bridgehead atoms. The normalized spacial score (nSPS) is 10.3. The van der Waals surface area contributed by atoms with Gasteiger partial charge in [0.25, 0.3) is 0 Å². The molecule has 0 N–H and O–H groups in total. The second kappa shape index (κ2) is 5.19. The van der Waals surface area contributed by atoms with Crippen molar-refractivity contribution < 1.29 is 9.59 Å². The number of carbonyl (C=O) groups excluding carboxylic acids is 2. The SMILES string of the molecule is CC(=O)C(=O)c1ccc(-c2ccc(C)cc2C)cc1. The predicted octanol–water partition coefficient (Wildman–Crippen LogP) is 3.74. The van der Waals surface area contributed by atoms with E-state index in [1.165, 1.54) is 18.1 Å². The fraction of sp³-hybridized carbons (Fsp3) is 0.176. The summed E-state index contributed by atoms with van der Waals surface area (Å²) >= 11 is 0. The number of benzene rings is 2. The fourth-order valence-electron chi connectivity index (χ4n) is 2.14. The average molecular weight is 252 g/mol. The van der Waals surface area contributed by atoms with Crippen molar-refractivity contribution in [3.05, 3.63) is 59.2 Å². The smallest absolute Gasteiger partial charge is 0.228 e. The van der Waals surface area contributed by atoms with Crippen molar-refractivity contribution in [1.29, 1.82) is 0 Å². The lowest BCUT2D eigenvalue weighted by Crippen LogP contribution is -2.09. The maximum absolute atomic E-state index is 11.6. The highest BCUT2D eigenvalue weighted by molar-refractivity contribution is 6.42. The first kappa shape index (κ1) is 13.2. The van der Waals surface area contributed by atoms with Gasteiger partial charge < -0.3 is 0 Å². The molecule has 2 rings (SSSR count). The summed E-state index contributed by atoms with van der Waals surface area (Å²) in [6, 6.07) is 13.5. The molecule has 0 amide bonds. The van der Waals surface area contributed by atoms with Crippen LogP contribution in [0.3, 0.4) is 0 Å². The molecule has 2 nitrogen and oxygen atoms in total. The molecule has 0 radical (unpaired) electrons. The molecule has 0 heterocycles. The van der Waals surface area contributed by atoms with Crippen LogP contribution in [0.15, 0.2) is 42.5 Å². The van der Waals surface area contributed by atoms with Gasteiger partial charge in [-0.3, -0.25) is 9.59 Å². The minimum atomic E-state index is -0.438. The number of hydrogen-bond donors (Lipinski definition) is 0. The summed E-state index contributed by atoms with van der Waals surface area (Å²) < 4.78 is 0. The maximum Gasteiger partial charge on any atom is 0.228 e. The summed E-state index contributed by atoms with van der Waals surface area (Å²) in [5, 5.41) is 0. The van der Waals surface area contributed by atoms with Crippen molar-refractivity contribution in [2.24, 2.45) is 0 Å². The van der Waals surface area contributed by atoms with Gasteiger partial charge >= 0.3 is 0 Å². The Morgan fingerprint density at radius 2 is 1.53 bits per heavy atom. The van der Waals surface area contributed by atoms with Crippen LogP contribution in [0.2, 0.25) is 0 Å². The van der Waals surface area contributed by atoms with Gasteiger partial charge in [-0.2, -0.15) is 0 Å². The first-order chi connectivity index (χ1) is 8.99. The average Bonchev–Trinajstić information content (AvgIpc) is 2.38. The fourth-order valence-corrected chi connectivity index (χ4v) is 2.14. The van der Waals surface area contributed by atoms with Crippen molar-refractivity contribution in [1.82, 2.24) is 0 Å². The molecule has 96 valence electrons. The van der Waals surface area contributed by atoms with E-state index < -0.39 is 11.6 Å². The summed E-state index contributed by atoms with van der Waals surface area (Å²) in [5.41, 5.74) is 5.07. The Morgan fingerprint density at radius 1 is 0.895 bits per heavy atom. The Balaban J connectivity index is 2.37. The molecular formula is C17H16O2. The highest BCUT2D eigenvalue weighted by atomic mass is 16.2. The van der Waals surface area contributed by atoms with Crippen molar-refractivity contribution in [3.8, 4) is 11.1 Å². The van der Waals surface area contributed by atoms with E-state index >= 15 is 0 Å². The lowest BCUT2D eigenvalue weighted by Gasteiger charge is -2.07. The minimum Gasteiger partial charge on any atom is -0.291 e. The maximum atomic E-state index is 11.6. The summed E-state index contributed by atoms with van der Waals surface area (Å²) in [6.07, 6.45) is 0. The third kappa shape index (κ3) is 2.79. The molecule has 0 saturated heterocycles. The van der Waals surface area contributed by atoms with Gasteiger partial charge in [0, 0.05) is 12.5 Å². The predicted molar refractivity (Wildman–Crippen MR) is 76.4 cm³/mol. The molecule has 2 heteroatoms. The number of carbonyl (C=O) groups is 2. The van der Waals surface area contributed by atoms with Gasteiger partial charge in [-0.05, 0) is 30.5 Å². The molecule has 0 atom stereocenters. The zero-order chi connectivity index (χ0) is 14.0. The van der Waals surface area contributed by atoms with E-state index in [0.29, 0.717) is 5.56 Å². The van der Waals surface area contributed by atoms with E-state index in [-0.39, 0.29) is 0 Å². The monoisotopic (exact) mass is 252 g/mol. The first-order valence-corrected chi connectivity index (χ1v) is 6.22. The third-order valence-electron chi connectivity index (χ3n) is 3.16. The summed E-state index contributed by atoms with van der Waals surface area (Å²) in [4.78, 5) is 22.6. The summed E-state index contributed by atoms with van der Waals surface area (Å²) in [5.74, 6) is -0.869. The van der Waals surface area contributed by atoms with E-state index in [2.05, 4.69) is 32.0 Å². The number of aryl methyl sites for hydroxylation is 2. The molecule has 0 spiro atoms. The van der Waals surface area contributed by atoms with Crippen LogP contribution in [0, 0.1) is 13.8 Å². The Bertz CT molecular complexity index is 637. The Hall–Kier alpha value is -2.22. The van der Waals surface area contributed by atoms with Crippen LogP contribution in [0.1, 0.15) is 28.4 Å². The van der Waals surface area contributed by atoms with Gasteiger partial charge in [0.2, 0.25) is 5.78 Å². The number of ketones is 2. The number of Topliss-reactive ketones (excluding diaryl/α,β-unsaturated/α-hetero) is 2. The Labute approximate surface area is 113 Å². The van der Waals surface area contributed by atoms with Crippen LogP contribution in [0.25, 0.3) is 11.1 Å². The lowest BCUT2D eigenvalue weighted by molar-refractivity contribution is -0.113. The Kier molecular flexibility index (Phi) is 3.61. The number of rotatable bonds is 3. The highest BCUT2D eigenvalue weighted by Gasteiger charge is 2.11. The van der Waals surface area contributed by atoms with Gasteiger partial charge in [0.05, 0.1) is 0 Å². The molecule has 2 aromatic rings. The molecule has 0 aromatic heterocycles. The van der Waals surface area contributed by atoms with E-state index in [4.69, 9.17) is 0 Å². The first-order valence-electron chi connectivity index (χ1n) is 6.22. The van der Waals surface area contributed by atoms with Crippen LogP contribution in [0.5, 0.6) is 0 Å². The molecular weight excluding hydrogens is 236 g/mol. The van der Waals surface area contributed by atoms with Gasteiger partial charge in [0.15, 0.2) is 5.78 Å². The molecule has 0 aliphatic carbocycles. The topological polar surface area (TPSA) is 34.1 Å². The summed E-state index contributed by atoms with van der Waals surface area (Å²) in [7, 11) is 0. The minimum absolute atomic E-state index is 0.431. The second-order valence-corrected chi connectivity index (χ2v) is 4.78. The summed E-state index contributed by atoms with van der Waals surface area (Å²) in [6.45, 7) is 5.42. The van der Waals surface area contributed by atoms with Crippen molar-refractivity contribution >= 4 is 11.6 Å². The zero-order valence-electron chi connectivity index (χ0n) is 11.4. The van der Waals surface area contributed by atoms with Gasteiger partial charge in [-0.1, -0.05) is 48.0 Å². The molecule has 0 fully saturated rings. The molecule has 0 unspecified atom stereocenters. The highest BCUT2D eigenvalue weighted by Crippen LogP contribution is 2.24. The molecule has 0 aliphatic heterocycles. The van der Waals surface area contributed by atoms with Gasteiger partial charge in [-0.25, -0.2) is 0 Å². The van der Waals surface area contributed by atoms with Crippen molar-refractivity contribution in [3.63, 3.8) is 0 Å². The van der Waals surface area contributed by atoms with Crippen LogP contribution in [0.4, 0.5) is 0 Å². The van der Waals surface area contributed by atoms with Gasteiger partial charge in [0.1, 0.15) is 0 Å². The standard InChI is InChI=1S/C17H16O2/c1-11-4-9-16(12(2)10-11)14-5-7-15(8-6-14)17(19)13(3)18/h4-10H,1-3H3. The third-order valence-corrected chi connectivity index (χ3v) is 3.16. The van der Waals surface area contributed by atoms with Crippen molar-refractivity contribution in [2.75, 3.05) is 0 Å². The van der Waals surface area contributed by atoms with E-state index in [1.807, 2.05) is 12.1 Å². The van der Waals surface area contributed by atoms with Gasteiger partial charge in [-0.15, -0.1) is 0 Å². The van der Waals surface area contributed by atoms with E-state index in [0.717, 1.165) is 11.1 Å². The zero-order valence-corrected chi connectivity index (χ0v) is 11.4. The van der Waals surface area contributed by atoms with E-state index in [9.17, 15) is 9.59 Å². The largest absolute Gasteiger partial charge is 0.291 e. The molecule has 0 saturated carbocycles. The van der Waals surface area contributed by atoms with Crippen molar-refractivity contribution in [2.45, 2.75) is 20.8 Å². The quantitative estimate of drug-likeness (QED) is 0.616. The Morgan fingerprint density at radius 3 is 2.05 bits per heavy atom. The number of hydrogen-bond acceptors (Lipinski definition) is 2. The molecule has 2 aromatic carbocycles. The van der Waals surface area contributed by atoms with Crippen LogP contribution >= 0.6 is 0 Å². The molecule has 19 heavy (non-hydrogen) atoms. The second-order valence-electron chi connectivity index (χ2n) is 4.78. The van der Waals surface area contributed by atoms with E-state index in [1.54, 1.807) is 12.1 Å². The lowest BCUT2D eigenvalue weighted by atomic mass is 9.97.